The number of likely N-dealkylation sites (tertiary alicyclic amines) is 2. The van der Waals surface area contributed by atoms with Gasteiger partial charge in [0.05, 0.1) is 49.0 Å². The molecule has 3 aliphatic heterocycles. The van der Waals surface area contributed by atoms with Crippen molar-refractivity contribution in [2.24, 2.45) is 11.8 Å². The molecule has 14 nitrogen and oxygen atoms in total. The van der Waals surface area contributed by atoms with Gasteiger partial charge in [-0.3, -0.25) is 14.9 Å². The highest BCUT2D eigenvalue weighted by Crippen LogP contribution is 2.36. The number of aliphatic hydroxyl groups excluding tert-OH is 1. The van der Waals surface area contributed by atoms with E-state index in [-0.39, 0.29) is 35.7 Å². The second-order valence-electron chi connectivity index (χ2n) is 16.3. The summed E-state index contributed by atoms with van der Waals surface area (Å²) in [5, 5.41) is 20.0. The van der Waals surface area contributed by atoms with Crippen molar-refractivity contribution >= 4 is 40.4 Å². The summed E-state index contributed by atoms with van der Waals surface area (Å²) < 4.78 is 9.84. The van der Waals surface area contributed by atoms with E-state index in [9.17, 15) is 19.5 Å². The van der Waals surface area contributed by atoms with Crippen LogP contribution in [0.3, 0.4) is 0 Å². The Kier molecular flexibility index (Phi) is 12.9. The first kappa shape index (κ1) is 42.2. The third-order valence-electron chi connectivity index (χ3n) is 12.2. The predicted molar refractivity (Wildman–Crippen MR) is 236 cm³/mol. The number of aromatic nitrogens is 4. The van der Waals surface area contributed by atoms with E-state index >= 15 is 0 Å². The minimum atomic E-state index is -1.22. The molecule has 2 aromatic heterocycles. The van der Waals surface area contributed by atoms with Crippen LogP contribution in [-0.4, -0.2) is 104 Å². The van der Waals surface area contributed by atoms with Crippen LogP contribution in [0.2, 0.25) is 0 Å². The number of alkyl carbamates (subject to hydrolysis) is 1. The number of ether oxygens (including phenoxy) is 2. The Balaban J connectivity index is 0.936. The van der Waals surface area contributed by atoms with Gasteiger partial charge in [-0.15, -0.1) is 11.8 Å². The molecular weight excluding hydrogens is 793 g/mol. The summed E-state index contributed by atoms with van der Waals surface area (Å²) in [6.07, 6.45) is 7.94. The molecule has 6 atom stereocenters. The number of carbonyl (C=O) groups excluding carboxylic acids is 3. The summed E-state index contributed by atoms with van der Waals surface area (Å²) in [4.78, 5) is 60.1. The Morgan fingerprint density at radius 2 is 1.36 bits per heavy atom. The Morgan fingerprint density at radius 3 is 1.95 bits per heavy atom. The van der Waals surface area contributed by atoms with Gasteiger partial charge in [-0.05, 0) is 88.8 Å². The second-order valence-corrected chi connectivity index (χ2v) is 17.4. The second kappa shape index (κ2) is 18.6. The van der Waals surface area contributed by atoms with E-state index in [4.69, 9.17) is 19.4 Å². The van der Waals surface area contributed by atoms with Crippen molar-refractivity contribution in [1.82, 2.24) is 40.4 Å². The number of carbonyl (C=O) groups is 3. The molecule has 8 rings (SSSR count). The number of rotatable bonds is 13. The van der Waals surface area contributed by atoms with Gasteiger partial charge in [0.25, 0.3) is 0 Å². The fourth-order valence-corrected chi connectivity index (χ4v) is 9.70. The first-order chi connectivity index (χ1) is 29.6. The summed E-state index contributed by atoms with van der Waals surface area (Å²) in [6, 6.07) is 19.5. The molecule has 0 radical (unpaired) electrons. The molecule has 0 bridgehead atoms. The van der Waals surface area contributed by atoms with E-state index < -0.39 is 24.6 Å². The number of H-pyrrole nitrogens is 2. The molecule has 5 heterocycles. The van der Waals surface area contributed by atoms with E-state index in [1.54, 1.807) is 11.8 Å². The van der Waals surface area contributed by atoms with E-state index in [0.717, 1.165) is 93.9 Å². The Morgan fingerprint density at radius 1 is 0.787 bits per heavy atom. The van der Waals surface area contributed by atoms with E-state index in [2.05, 4.69) is 81.3 Å². The average Bonchev–Trinajstić information content (AvgIpc) is 4.14. The molecule has 3 unspecified atom stereocenters. The molecule has 5 aromatic rings. The van der Waals surface area contributed by atoms with Crippen LogP contribution in [-0.2, 0) is 19.1 Å². The van der Waals surface area contributed by atoms with Crippen molar-refractivity contribution < 1.29 is 29.0 Å². The normalized spacial score (nSPS) is 20.6. The number of nitrogens with zero attached hydrogens (tertiary/aromatic N) is 4. The van der Waals surface area contributed by atoms with Crippen LogP contribution >= 0.6 is 11.8 Å². The number of aliphatic hydroxyl groups is 1. The fraction of sp³-hybridized carbons (Fsp3) is 0.413. The zero-order valence-corrected chi connectivity index (χ0v) is 35.8. The van der Waals surface area contributed by atoms with Crippen molar-refractivity contribution in [3.63, 3.8) is 0 Å². The molecule has 0 saturated carbocycles. The lowest BCUT2D eigenvalue weighted by Gasteiger charge is -2.32. The maximum Gasteiger partial charge on any atom is 0.407 e. The number of hydrogen-bond acceptors (Lipinski definition) is 10. The average molecular weight is 847 g/mol. The van der Waals surface area contributed by atoms with Crippen molar-refractivity contribution in [3.05, 3.63) is 96.2 Å². The maximum absolute atomic E-state index is 14.0. The van der Waals surface area contributed by atoms with Crippen molar-refractivity contribution in [1.29, 1.82) is 0 Å². The molecule has 5 N–H and O–H groups in total. The lowest BCUT2D eigenvalue weighted by molar-refractivity contribution is -0.145. The monoisotopic (exact) mass is 846 g/mol. The standard InChI is InChI=1S/C46H54N8O6S/c1-27(2)39(51-45(57)59-3)43(55)53-19-5-7-37(53)42-48-26-36(50-42)34-16-15-32-23-31(13-14-33(32)24-34)28-9-11-29(12-10-28)35-25-47-41(49-35)38-8-6-20-54(38)44(56)40(52-46(58)60-4)30-17-21-61-22-18-30/h9-17,21,23-27,30,37-40,45,51,57H,5-8,18-20,22H2,1-4H3,(H,47,49)(H,48,50)(H,52,58)/t30?,37-,38?,39-,40-,45?/m0/s1. The lowest BCUT2D eigenvalue weighted by atomic mass is 9.95. The Bertz CT molecular complexity index is 2380. The summed E-state index contributed by atoms with van der Waals surface area (Å²) in [7, 11) is 2.71. The van der Waals surface area contributed by atoms with Gasteiger partial charge in [0.1, 0.15) is 17.7 Å². The van der Waals surface area contributed by atoms with E-state index in [0.29, 0.717) is 13.1 Å². The van der Waals surface area contributed by atoms with Crippen LogP contribution in [0.1, 0.15) is 69.7 Å². The number of amides is 3. The zero-order valence-electron chi connectivity index (χ0n) is 35.0. The van der Waals surface area contributed by atoms with Crippen molar-refractivity contribution in [2.45, 2.75) is 76.5 Å². The number of benzene rings is 3. The van der Waals surface area contributed by atoms with Crippen LogP contribution in [0, 0.1) is 11.8 Å². The highest BCUT2D eigenvalue weighted by molar-refractivity contribution is 8.02. The quantitative estimate of drug-likeness (QED) is 0.0766. The van der Waals surface area contributed by atoms with Gasteiger partial charge >= 0.3 is 6.09 Å². The number of methoxy groups -OCH3 is 2. The van der Waals surface area contributed by atoms with Gasteiger partial charge < -0.3 is 39.7 Å². The topological polar surface area (TPSA) is 178 Å². The van der Waals surface area contributed by atoms with Gasteiger partial charge in [-0.1, -0.05) is 68.5 Å². The molecule has 2 saturated heterocycles. The molecule has 3 amide bonds. The number of hydrogen-bond donors (Lipinski definition) is 5. The van der Waals surface area contributed by atoms with Crippen LogP contribution in [0.5, 0.6) is 0 Å². The first-order valence-corrected chi connectivity index (χ1v) is 22.1. The van der Waals surface area contributed by atoms with Gasteiger partial charge in [0.2, 0.25) is 18.2 Å². The van der Waals surface area contributed by atoms with Crippen LogP contribution < -0.4 is 10.6 Å². The molecule has 0 spiro atoms. The number of imidazole rings is 2. The number of nitrogens with one attached hydrogen (secondary N) is 4. The molecule has 3 aromatic carbocycles. The Hall–Kier alpha value is -5.48. The molecule has 61 heavy (non-hydrogen) atoms. The predicted octanol–water partition coefficient (Wildman–Crippen LogP) is 7.14. The smallest absolute Gasteiger partial charge is 0.407 e. The third-order valence-corrected chi connectivity index (χ3v) is 13.0. The third kappa shape index (κ3) is 9.10. The number of thioether (sulfide) groups is 1. The molecular formula is C46H54N8O6S. The summed E-state index contributed by atoms with van der Waals surface area (Å²) in [5.74, 6) is 2.04. The molecule has 3 aliphatic rings. The van der Waals surface area contributed by atoms with Crippen LogP contribution in [0.25, 0.3) is 44.4 Å². The van der Waals surface area contributed by atoms with Crippen molar-refractivity contribution in [2.75, 3.05) is 33.1 Å². The highest BCUT2D eigenvalue weighted by atomic mass is 32.2. The maximum atomic E-state index is 14.0. The highest BCUT2D eigenvalue weighted by Gasteiger charge is 2.40. The van der Waals surface area contributed by atoms with Crippen LogP contribution in [0.15, 0.2) is 84.5 Å². The minimum absolute atomic E-state index is 0.0452. The number of aromatic amines is 2. The van der Waals surface area contributed by atoms with Gasteiger partial charge in [0, 0.05) is 31.7 Å². The van der Waals surface area contributed by atoms with E-state index in [1.165, 1.54) is 14.2 Å². The summed E-state index contributed by atoms with van der Waals surface area (Å²) >= 11 is 1.71. The van der Waals surface area contributed by atoms with Gasteiger partial charge in [-0.2, -0.15) is 0 Å². The summed E-state index contributed by atoms with van der Waals surface area (Å²) in [5.41, 5.74) is 5.93. The summed E-state index contributed by atoms with van der Waals surface area (Å²) in [6.45, 7) is 5.11. The fourth-order valence-electron chi connectivity index (χ4n) is 8.84. The molecule has 0 aliphatic carbocycles. The largest absolute Gasteiger partial charge is 0.453 e. The van der Waals surface area contributed by atoms with Crippen molar-refractivity contribution in [3.8, 4) is 33.6 Å². The minimum Gasteiger partial charge on any atom is -0.453 e. The molecule has 15 heteroatoms. The molecule has 320 valence electrons. The molecule has 2 fully saturated rings. The Labute approximate surface area is 359 Å². The zero-order chi connectivity index (χ0) is 42.6. The lowest BCUT2D eigenvalue weighted by Crippen LogP contribution is -2.52. The van der Waals surface area contributed by atoms with Crippen LogP contribution in [0.4, 0.5) is 4.79 Å². The van der Waals surface area contributed by atoms with Gasteiger partial charge in [-0.25, -0.2) is 14.8 Å². The first-order valence-electron chi connectivity index (χ1n) is 21.1. The van der Waals surface area contributed by atoms with E-state index in [1.807, 2.05) is 47.5 Å². The number of fused-ring (bicyclic) bond motifs is 1. The SMILES string of the molecule is COC(=O)N[C@H](C(=O)N1CCCC1c1ncc(-c2ccc(-c3ccc4cc(-c5cnc([C@@H]6CCCN6C(=O)[C@@H](NC(O)OC)C(C)C)[nH]5)ccc4c3)cc2)[nH]1)C1C=CSCC1. The van der Waals surface area contributed by atoms with Gasteiger partial charge in [0.15, 0.2) is 0 Å².